The Morgan fingerprint density at radius 2 is 1.77 bits per heavy atom. The fourth-order valence-electron chi connectivity index (χ4n) is 5.71. The molecular formula is C31H33N5O3. The smallest absolute Gasteiger partial charge is 0.326 e. The van der Waals surface area contributed by atoms with E-state index in [1.165, 1.54) is 5.56 Å². The minimum Gasteiger partial charge on any atom is -0.480 e. The molecule has 200 valence electrons. The zero-order chi connectivity index (χ0) is 27.4. The molecule has 2 unspecified atom stereocenters. The normalized spacial score (nSPS) is 16.3. The molecule has 2 aromatic carbocycles. The summed E-state index contributed by atoms with van der Waals surface area (Å²) in [6.07, 6.45) is 7.09. The first-order valence-corrected chi connectivity index (χ1v) is 13.4. The van der Waals surface area contributed by atoms with Gasteiger partial charge in [-0.05, 0) is 78.3 Å². The summed E-state index contributed by atoms with van der Waals surface area (Å²) in [5.74, 6) is -1.49. The number of nitrogens with zero attached hydrogens (tertiary/aromatic N) is 2. The van der Waals surface area contributed by atoms with E-state index in [2.05, 4.69) is 21.4 Å². The van der Waals surface area contributed by atoms with Crippen LogP contribution in [-0.4, -0.2) is 39.0 Å². The van der Waals surface area contributed by atoms with Crippen molar-refractivity contribution in [1.82, 2.24) is 15.3 Å². The summed E-state index contributed by atoms with van der Waals surface area (Å²) < 4.78 is 0. The van der Waals surface area contributed by atoms with Gasteiger partial charge in [0.15, 0.2) is 0 Å². The lowest BCUT2D eigenvalue weighted by Gasteiger charge is -2.29. The van der Waals surface area contributed by atoms with E-state index in [4.69, 9.17) is 11.5 Å². The molecular weight excluding hydrogens is 490 g/mol. The lowest BCUT2D eigenvalue weighted by Crippen LogP contribution is -2.43. The average Bonchev–Trinajstić information content (AvgIpc) is 2.98. The highest BCUT2D eigenvalue weighted by atomic mass is 16.4. The van der Waals surface area contributed by atoms with Crippen LogP contribution in [0.15, 0.2) is 73.1 Å². The second-order valence-corrected chi connectivity index (χ2v) is 10.1. The number of pyridine rings is 2. The van der Waals surface area contributed by atoms with Crippen LogP contribution in [0.25, 0.3) is 22.0 Å². The Bertz CT molecular complexity index is 1490. The summed E-state index contributed by atoms with van der Waals surface area (Å²) in [6.45, 7) is 0.115. The van der Waals surface area contributed by atoms with Crippen LogP contribution in [0.4, 0.5) is 0 Å². The molecule has 0 radical (unpaired) electrons. The Labute approximate surface area is 227 Å². The summed E-state index contributed by atoms with van der Waals surface area (Å²) in [6, 6.07) is 17.8. The highest BCUT2D eigenvalue weighted by Crippen LogP contribution is 2.34. The van der Waals surface area contributed by atoms with E-state index >= 15 is 0 Å². The number of fused-ring (bicyclic) bond motifs is 2. The summed E-state index contributed by atoms with van der Waals surface area (Å²) in [5, 5.41) is 14.3. The van der Waals surface area contributed by atoms with Crippen LogP contribution < -0.4 is 16.8 Å². The van der Waals surface area contributed by atoms with Gasteiger partial charge in [0.1, 0.15) is 6.04 Å². The maximum atomic E-state index is 13.6. The average molecular weight is 524 g/mol. The van der Waals surface area contributed by atoms with E-state index in [9.17, 15) is 14.7 Å². The van der Waals surface area contributed by atoms with Crippen LogP contribution in [0.5, 0.6) is 0 Å². The lowest BCUT2D eigenvalue weighted by molar-refractivity contribution is -0.139. The predicted molar refractivity (Wildman–Crippen MR) is 151 cm³/mol. The third-order valence-electron chi connectivity index (χ3n) is 7.66. The molecule has 0 aliphatic heterocycles. The molecule has 6 N–H and O–H groups in total. The first-order valence-electron chi connectivity index (χ1n) is 13.4. The highest BCUT2D eigenvalue weighted by molar-refractivity contribution is 6.12. The SMILES string of the molecule is NCc1cc(-c2ccccn2)c2ccccc2c1C(=O)N[C@@H](CCC(N)C1CCCc2cccnc21)C(=O)O. The van der Waals surface area contributed by atoms with E-state index in [0.29, 0.717) is 22.9 Å². The maximum Gasteiger partial charge on any atom is 0.326 e. The van der Waals surface area contributed by atoms with Gasteiger partial charge in [0.2, 0.25) is 0 Å². The van der Waals surface area contributed by atoms with Crippen LogP contribution >= 0.6 is 0 Å². The van der Waals surface area contributed by atoms with Gasteiger partial charge >= 0.3 is 5.97 Å². The van der Waals surface area contributed by atoms with Gasteiger partial charge in [-0.3, -0.25) is 14.8 Å². The highest BCUT2D eigenvalue weighted by Gasteiger charge is 2.29. The van der Waals surface area contributed by atoms with Crippen molar-refractivity contribution in [2.45, 2.75) is 56.7 Å². The number of benzene rings is 2. The van der Waals surface area contributed by atoms with E-state index in [0.717, 1.165) is 41.6 Å². The Kier molecular flexibility index (Phi) is 7.95. The van der Waals surface area contributed by atoms with E-state index in [-0.39, 0.29) is 24.9 Å². The largest absolute Gasteiger partial charge is 0.480 e. The number of aliphatic carboxylic acids is 1. The van der Waals surface area contributed by atoms with Gasteiger partial charge in [-0.25, -0.2) is 4.79 Å². The number of nitrogens with one attached hydrogen (secondary N) is 1. The second kappa shape index (κ2) is 11.7. The molecule has 3 atom stereocenters. The number of carbonyl (C=O) groups is 2. The number of hydrogen-bond donors (Lipinski definition) is 4. The number of nitrogens with two attached hydrogens (primary N) is 2. The summed E-state index contributed by atoms with van der Waals surface area (Å²) in [5.41, 5.74) is 17.5. The van der Waals surface area contributed by atoms with Crippen molar-refractivity contribution in [2.24, 2.45) is 11.5 Å². The molecule has 0 saturated carbocycles. The van der Waals surface area contributed by atoms with Crippen molar-refractivity contribution in [1.29, 1.82) is 0 Å². The van der Waals surface area contributed by atoms with Crippen LogP contribution in [0, 0.1) is 0 Å². The third-order valence-corrected chi connectivity index (χ3v) is 7.66. The third kappa shape index (κ3) is 5.53. The van der Waals surface area contributed by atoms with Crippen molar-refractivity contribution in [3.05, 3.63) is 95.4 Å². The van der Waals surface area contributed by atoms with Crippen molar-refractivity contribution in [2.75, 3.05) is 0 Å². The number of carbonyl (C=O) groups excluding carboxylic acids is 1. The van der Waals surface area contributed by atoms with Crippen molar-refractivity contribution in [3.8, 4) is 11.3 Å². The molecule has 8 heteroatoms. The number of rotatable bonds is 9. The molecule has 0 saturated heterocycles. The van der Waals surface area contributed by atoms with Gasteiger partial charge in [-0.15, -0.1) is 0 Å². The zero-order valence-electron chi connectivity index (χ0n) is 21.7. The van der Waals surface area contributed by atoms with Crippen molar-refractivity contribution >= 4 is 22.6 Å². The fraction of sp³-hybridized carbons (Fsp3) is 0.290. The van der Waals surface area contributed by atoms with Gasteiger partial charge in [0, 0.05) is 42.2 Å². The molecule has 5 rings (SSSR count). The van der Waals surface area contributed by atoms with E-state index < -0.39 is 17.9 Å². The number of carboxylic acid groups (broad SMARTS) is 1. The molecule has 0 fully saturated rings. The fourth-order valence-corrected chi connectivity index (χ4v) is 5.71. The molecule has 2 aromatic heterocycles. The van der Waals surface area contributed by atoms with Gasteiger partial charge in [0.05, 0.1) is 11.3 Å². The molecule has 1 aliphatic carbocycles. The molecule has 39 heavy (non-hydrogen) atoms. The molecule has 0 bridgehead atoms. The summed E-state index contributed by atoms with van der Waals surface area (Å²) in [7, 11) is 0. The van der Waals surface area contributed by atoms with Gasteiger partial charge < -0.3 is 21.9 Å². The van der Waals surface area contributed by atoms with Gasteiger partial charge in [-0.2, -0.15) is 0 Å². The number of aryl methyl sites for hydroxylation is 1. The van der Waals surface area contributed by atoms with Gasteiger partial charge in [-0.1, -0.05) is 36.4 Å². The Hall–Kier alpha value is -4.14. The van der Waals surface area contributed by atoms with Gasteiger partial charge in [0.25, 0.3) is 5.91 Å². The molecule has 1 aliphatic rings. The van der Waals surface area contributed by atoms with Crippen LogP contribution in [0.3, 0.4) is 0 Å². The minimum absolute atomic E-state index is 0.0759. The van der Waals surface area contributed by atoms with E-state index in [1.807, 2.05) is 54.6 Å². The van der Waals surface area contributed by atoms with E-state index in [1.54, 1.807) is 12.4 Å². The number of aromatic nitrogens is 2. The molecule has 2 heterocycles. The first-order chi connectivity index (χ1) is 19.0. The van der Waals surface area contributed by atoms with Crippen LogP contribution in [0.1, 0.15) is 58.8 Å². The Morgan fingerprint density at radius 1 is 1.00 bits per heavy atom. The molecule has 8 nitrogen and oxygen atoms in total. The molecule has 0 spiro atoms. The number of carboxylic acids is 1. The topological polar surface area (TPSA) is 144 Å². The van der Waals surface area contributed by atoms with Crippen LogP contribution in [-0.2, 0) is 17.8 Å². The Balaban J connectivity index is 1.39. The first kappa shape index (κ1) is 26.5. The maximum absolute atomic E-state index is 13.6. The lowest BCUT2D eigenvalue weighted by atomic mass is 9.80. The predicted octanol–water partition coefficient (Wildman–Crippen LogP) is 4.17. The molecule has 1 amide bonds. The summed E-state index contributed by atoms with van der Waals surface area (Å²) >= 11 is 0. The zero-order valence-corrected chi connectivity index (χ0v) is 21.7. The Morgan fingerprint density at radius 3 is 2.51 bits per heavy atom. The quantitative estimate of drug-likeness (QED) is 0.258. The monoisotopic (exact) mass is 523 g/mol. The summed E-state index contributed by atoms with van der Waals surface area (Å²) in [4.78, 5) is 34.9. The number of amides is 1. The van der Waals surface area contributed by atoms with Crippen molar-refractivity contribution in [3.63, 3.8) is 0 Å². The molecule has 4 aromatic rings. The standard InChI is InChI=1S/C31H33N5O3/c32-18-20-17-24(26-12-3-4-15-34-26)21-9-1-2-10-22(21)28(20)30(37)36-27(31(38)39)14-13-25(33)23-11-5-7-19-8-6-16-35-29(19)23/h1-4,6,8-10,12,15-17,23,25,27H,5,7,11,13-14,18,32-33H2,(H,36,37)(H,38,39)/t23?,25?,27-/m0/s1. The van der Waals surface area contributed by atoms with Crippen LogP contribution in [0.2, 0.25) is 0 Å². The van der Waals surface area contributed by atoms with Crippen molar-refractivity contribution < 1.29 is 14.7 Å². The minimum atomic E-state index is -1.10. The second-order valence-electron chi connectivity index (χ2n) is 10.1. The number of hydrogen-bond acceptors (Lipinski definition) is 6.